The predicted octanol–water partition coefficient (Wildman–Crippen LogP) is 5.29. The minimum atomic E-state index is -1.92. The van der Waals surface area contributed by atoms with Crippen LogP contribution in [0.4, 0.5) is 11.6 Å². The van der Waals surface area contributed by atoms with Crippen molar-refractivity contribution in [1.29, 1.82) is 10.5 Å². The fourth-order valence-corrected chi connectivity index (χ4v) is 5.25. The van der Waals surface area contributed by atoms with Gasteiger partial charge in [0, 0.05) is 57.4 Å². The van der Waals surface area contributed by atoms with Crippen molar-refractivity contribution in [2.45, 2.75) is 25.7 Å². The van der Waals surface area contributed by atoms with Crippen LogP contribution in [0.2, 0.25) is 10.0 Å². The molecule has 3 aromatic rings. The smallest absolute Gasteiger partial charge is 0.193 e. The fraction of sp³-hybridized carbons (Fsp3) is 0.207. The third kappa shape index (κ3) is 4.59. The highest BCUT2D eigenvalue weighted by molar-refractivity contribution is 6.31. The van der Waals surface area contributed by atoms with Gasteiger partial charge in [-0.2, -0.15) is 10.5 Å². The molecule has 1 aliphatic carbocycles. The molecular formula is C29H24Cl2N6O2. The van der Waals surface area contributed by atoms with E-state index in [-0.39, 0.29) is 50.7 Å². The molecule has 8 nitrogen and oxygen atoms in total. The number of allylic oxidation sites excluding steroid dienone is 1. The Hall–Kier alpha value is -4.37. The Morgan fingerprint density at radius 1 is 0.949 bits per heavy atom. The zero-order chi connectivity index (χ0) is 28.5. The van der Waals surface area contributed by atoms with Crippen molar-refractivity contribution in [2.75, 3.05) is 23.7 Å². The number of nitriles is 2. The summed E-state index contributed by atoms with van der Waals surface area (Å²) in [6.45, 7) is 4.77. The summed E-state index contributed by atoms with van der Waals surface area (Å²) < 4.78 is 0. The molecule has 0 unspecified atom stereocenters. The van der Waals surface area contributed by atoms with Gasteiger partial charge in [-0.3, -0.25) is 9.59 Å². The van der Waals surface area contributed by atoms with Crippen molar-refractivity contribution in [3.05, 3.63) is 92.0 Å². The van der Waals surface area contributed by atoms with Gasteiger partial charge in [-0.05, 0) is 62.4 Å². The van der Waals surface area contributed by atoms with Gasteiger partial charge in [-0.1, -0.05) is 23.2 Å². The van der Waals surface area contributed by atoms with Crippen LogP contribution in [-0.4, -0.2) is 29.6 Å². The molecule has 0 bridgehead atoms. The lowest BCUT2D eigenvalue weighted by atomic mass is 9.70. The number of anilines is 2. The number of pyridine rings is 1. The molecule has 0 saturated heterocycles. The number of carbonyl (C=O) groups excluding carboxylic acids is 2. The summed E-state index contributed by atoms with van der Waals surface area (Å²) in [6, 6.07) is 16.6. The molecule has 0 aliphatic heterocycles. The second-order valence-electron chi connectivity index (χ2n) is 8.98. The van der Waals surface area contributed by atoms with E-state index in [0.29, 0.717) is 23.1 Å². The van der Waals surface area contributed by atoms with Crippen molar-refractivity contribution in [3.8, 4) is 12.1 Å². The number of Topliss-reactive ketones (excluding diaryl/α,β-unsaturated/α-hetero) is 2. The molecule has 196 valence electrons. The first-order valence-electron chi connectivity index (χ1n) is 12.1. The summed E-state index contributed by atoms with van der Waals surface area (Å²) in [5.74, 6) is -0.816. The van der Waals surface area contributed by atoms with E-state index in [1.54, 1.807) is 12.1 Å². The molecule has 4 N–H and O–H groups in total. The standard InChI is InChI=1S/C29H24Cl2N6O2/c1-3-37(4-2)28-20(14-32)23-22(27(35)36-28)25(34)24(26(39)17-7-11-19(31)12-8-17)29(23,15-33)13-21(38)16-5-9-18(30)10-6-16/h5-12H,3-4,13,34H2,1-2H3,(H2,35,36)/t29-/m1/s1. The maximum Gasteiger partial charge on any atom is 0.193 e. The number of rotatable bonds is 8. The molecule has 0 fully saturated rings. The van der Waals surface area contributed by atoms with E-state index in [0.717, 1.165) is 0 Å². The number of carbonyl (C=O) groups is 2. The first kappa shape index (κ1) is 27.7. The van der Waals surface area contributed by atoms with Crippen LogP contribution in [0.3, 0.4) is 0 Å². The topological polar surface area (TPSA) is 150 Å². The van der Waals surface area contributed by atoms with Gasteiger partial charge in [0.05, 0.1) is 11.8 Å². The third-order valence-electron chi connectivity index (χ3n) is 6.89. The maximum absolute atomic E-state index is 14.0. The second kappa shape index (κ2) is 10.8. The highest BCUT2D eigenvalue weighted by atomic mass is 35.5. The average molecular weight is 559 g/mol. The van der Waals surface area contributed by atoms with E-state index < -0.39 is 23.4 Å². The van der Waals surface area contributed by atoms with Gasteiger partial charge < -0.3 is 16.4 Å². The maximum atomic E-state index is 14.0. The van der Waals surface area contributed by atoms with Gasteiger partial charge in [0.25, 0.3) is 0 Å². The SMILES string of the molecule is CCN(CC)c1nc(N)c2c(c1C#N)[C@](C#N)(CC(=O)c1ccc(Cl)cc1)C(C(=O)c1ccc(Cl)cc1)=C2N. The lowest BCUT2D eigenvalue weighted by Crippen LogP contribution is -2.34. The Balaban J connectivity index is 2.04. The van der Waals surface area contributed by atoms with E-state index in [1.807, 2.05) is 18.7 Å². The van der Waals surface area contributed by atoms with E-state index in [9.17, 15) is 20.1 Å². The molecule has 0 saturated carbocycles. The lowest BCUT2D eigenvalue weighted by Gasteiger charge is -2.29. The molecule has 2 aromatic carbocycles. The summed E-state index contributed by atoms with van der Waals surface area (Å²) in [7, 11) is 0. The van der Waals surface area contributed by atoms with E-state index in [2.05, 4.69) is 17.1 Å². The van der Waals surface area contributed by atoms with Gasteiger partial charge in [-0.15, -0.1) is 0 Å². The number of nitrogen functional groups attached to an aromatic ring is 1. The zero-order valence-corrected chi connectivity index (χ0v) is 22.8. The van der Waals surface area contributed by atoms with E-state index >= 15 is 0 Å². The lowest BCUT2D eigenvalue weighted by molar-refractivity contribution is 0.0961. The summed E-state index contributed by atoms with van der Waals surface area (Å²) >= 11 is 12.0. The number of nitrogens with zero attached hydrogens (tertiary/aromatic N) is 4. The predicted molar refractivity (Wildman–Crippen MR) is 152 cm³/mol. The van der Waals surface area contributed by atoms with Crippen LogP contribution in [0.5, 0.6) is 0 Å². The Labute approximate surface area is 236 Å². The number of hydrogen-bond donors (Lipinski definition) is 2. The van der Waals surface area contributed by atoms with E-state index in [4.69, 9.17) is 34.7 Å². The molecule has 0 spiro atoms. The van der Waals surface area contributed by atoms with Gasteiger partial charge >= 0.3 is 0 Å². The van der Waals surface area contributed by atoms with Gasteiger partial charge in [0.15, 0.2) is 11.6 Å². The molecule has 1 aliphatic rings. The first-order valence-corrected chi connectivity index (χ1v) is 12.9. The quantitative estimate of drug-likeness (QED) is 0.354. The highest BCUT2D eigenvalue weighted by Crippen LogP contribution is 2.52. The van der Waals surface area contributed by atoms with Gasteiger partial charge in [0.2, 0.25) is 0 Å². The number of halogens is 2. The number of nitrogens with two attached hydrogens (primary N) is 2. The Kier molecular flexibility index (Phi) is 7.65. The molecule has 39 heavy (non-hydrogen) atoms. The number of ketones is 2. The monoisotopic (exact) mass is 558 g/mol. The van der Waals surface area contributed by atoms with Crippen molar-refractivity contribution in [1.82, 2.24) is 4.98 Å². The highest BCUT2D eigenvalue weighted by Gasteiger charge is 2.53. The summed E-state index contributed by atoms with van der Waals surface area (Å²) in [6.07, 6.45) is -0.469. The van der Waals surface area contributed by atoms with Crippen LogP contribution in [0, 0.1) is 22.7 Å². The minimum Gasteiger partial charge on any atom is -0.398 e. The van der Waals surface area contributed by atoms with Crippen LogP contribution in [0.15, 0.2) is 54.1 Å². The van der Waals surface area contributed by atoms with Crippen molar-refractivity contribution >= 4 is 52.1 Å². The van der Waals surface area contributed by atoms with Crippen LogP contribution in [-0.2, 0) is 5.41 Å². The Bertz CT molecular complexity index is 1600. The molecule has 1 heterocycles. The zero-order valence-electron chi connectivity index (χ0n) is 21.3. The van der Waals surface area contributed by atoms with Crippen LogP contribution < -0.4 is 16.4 Å². The van der Waals surface area contributed by atoms with Gasteiger partial charge in [-0.25, -0.2) is 4.98 Å². The fourth-order valence-electron chi connectivity index (χ4n) is 5.00. The minimum absolute atomic E-state index is 0.0372. The molecule has 10 heteroatoms. The number of hydrogen-bond acceptors (Lipinski definition) is 8. The molecule has 4 rings (SSSR count). The molecule has 0 amide bonds. The van der Waals surface area contributed by atoms with Crippen molar-refractivity contribution in [2.24, 2.45) is 5.73 Å². The summed E-state index contributed by atoms with van der Waals surface area (Å²) in [5, 5.41) is 22.0. The normalized spacial score (nSPS) is 15.8. The first-order chi connectivity index (χ1) is 18.6. The molecular weight excluding hydrogens is 535 g/mol. The average Bonchev–Trinajstić information content (AvgIpc) is 3.18. The van der Waals surface area contributed by atoms with Crippen LogP contribution in [0.25, 0.3) is 5.70 Å². The summed E-state index contributed by atoms with van der Waals surface area (Å²) in [5.41, 5.74) is 11.6. The van der Waals surface area contributed by atoms with Crippen molar-refractivity contribution < 1.29 is 9.59 Å². The summed E-state index contributed by atoms with van der Waals surface area (Å²) in [4.78, 5) is 33.9. The Morgan fingerprint density at radius 3 is 1.97 bits per heavy atom. The Morgan fingerprint density at radius 2 is 1.49 bits per heavy atom. The number of fused-ring (bicyclic) bond motifs is 1. The molecule has 1 atom stereocenters. The third-order valence-corrected chi connectivity index (χ3v) is 7.39. The largest absolute Gasteiger partial charge is 0.398 e. The number of aromatic nitrogens is 1. The van der Waals surface area contributed by atoms with E-state index in [1.165, 1.54) is 36.4 Å². The number of benzene rings is 2. The van der Waals surface area contributed by atoms with Crippen LogP contribution >= 0.6 is 23.2 Å². The second-order valence-corrected chi connectivity index (χ2v) is 9.85. The van der Waals surface area contributed by atoms with Gasteiger partial charge in [0.1, 0.15) is 28.7 Å². The molecule has 1 aromatic heterocycles. The van der Waals surface area contributed by atoms with Crippen LogP contribution in [0.1, 0.15) is 57.7 Å². The van der Waals surface area contributed by atoms with Crippen molar-refractivity contribution in [3.63, 3.8) is 0 Å². The molecule has 0 radical (unpaired) electrons.